The van der Waals surface area contributed by atoms with Crippen molar-refractivity contribution in [3.63, 3.8) is 0 Å². The van der Waals surface area contributed by atoms with Crippen LogP contribution in [0, 0.1) is 5.82 Å². The molecule has 3 aromatic rings. The van der Waals surface area contributed by atoms with Crippen molar-refractivity contribution in [2.24, 2.45) is 0 Å². The van der Waals surface area contributed by atoms with Gasteiger partial charge < -0.3 is 5.32 Å². The summed E-state index contributed by atoms with van der Waals surface area (Å²) in [4.78, 5) is 0. The summed E-state index contributed by atoms with van der Waals surface area (Å²) in [5.74, 6) is -0.147. The van der Waals surface area contributed by atoms with E-state index < -0.39 is 0 Å². The van der Waals surface area contributed by atoms with Crippen LogP contribution in [0.25, 0.3) is 21.2 Å². The highest BCUT2D eigenvalue weighted by atomic mass is 32.1. The van der Waals surface area contributed by atoms with Crippen LogP contribution in [-0.4, -0.2) is 6.04 Å². The Balaban J connectivity index is 1.75. The number of halogens is 1. The van der Waals surface area contributed by atoms with Crippen molar-refractivity contribution in [2.75, 3.05) is 0 Å². The molecule has 1 aliphatic rings. The van der Waals surface area contributed by atoms with Gasteiger partial charge in [-0.25, -0.2) is 4.39 Å². The second-order valence-electron chi connectivity index (χ2n) is 5.61. The number of hydrogen-bond acceptors (Lipinski definition) is 2. The quantitative estimate of drug-likeness (QED) is 0.717. The molecule has 1 nitrogen and oxygen atoms in total. The van der Waals surface area contributed by atoms with E-state index in [-0.39, 0.29) is 5.82 Å². The van der Waals surface area contributed by atoms with Crippen LogP contribution in [-0.2, 0) is 6.54 Å². The average Bonchev–Trinajstić information content (AvgIpc) is 3.21. The third-order valence-electron chi connectivity index (χ3n) is 3.97. The fourth-order valence-electron chi connectivity index (χ4n) is 2.64. The molecule has 0 spiro atoms. The second kappa shape index (κ2) is 5.24. The first-order chi connectivity index (χ1) is 10.3. The molecule has 0 unspecified atom stereocenters. The highest BCUT2D eigenvalue weighted by Crippen LogP contribution is 2.34. The largest absolute Gasteiger partial charge is 0.310 e. The molecule has 3 heteroatoms. The van der Waals surface area contributed by atoms with Crippen LogP contribution in [0.5, 0.6) is 0 Å². The number of thiophene rings is 1. The summed E-state index contributed by atoms with van der Waals surface area (Å²) >= 11 is 1.67. The van der Waals surface area contributed by atoms with Gasteiger partial charge in [-0.2, -0.15) is 0 Å². The number of fused-ring (bicyclic) bond motifs is 1. The first-order valence-corrected chi connectivity index (χ1v) is 8.17. The van der Waals surface area contributed by atoms with Gasteiger partial charge in [0.25, 0.3) is 0 Å². The van der Waals surface area contributed by atoms with Crippen LogP contribution in [0.15, 0.2) is 47.8 Å². The highest BCUT2D eigenvalue weighted by Gasteiger charge is 2.20. The van der Waals surface area contributed by atoms with Gasteiger partial charge in [0.05, 0.1) is 0 Å². The minimum Gasteiger partial charge on any atom is -0.310 e. The molecule has 1 N–H and O–H groups in total. The minimum atomic E-state index is -0.147. The van der Waals surface area contributed by atoms with Gasteiger partial charge in [0.15, 0.2) is 0 Å². The smallest absolute Gasteiger partial charge is 0.131 e. The summed E-state index contributed by atoms with van der Waals surface area (Å²) in [7, 11) is 0. The van der Waals surface area contributed by atoms with Gasteiger partial charge in [-0.05, 0) is 47.4 Å². The predicted octanol–water partition coefficient (Wildman–Crippen LogP) is 4.96. The van der Waals surface area contributed by atoms with Crippen LogP contribution in [0.2, 0.25) is 0 Å². The third-order valence-corrected chi connectivity index (χ3v) is 4.94. The normalized spacial score (nSPS) is 14.7. The van der Waals surface area contributed by atoms with Gasteiger partial charge in [0.1, 0.15) is 5.82 Å². The lowest BCUT2D eigenvalue weighted by atomic mass is 10.0. The first-order valence-electron chi connectivity index (χ1n) is 7.30. The summed E-state index contributed by atoms with van der Waals surface area (Å²) in [5.41, 5.74) is 2.85. The van der Waals surface area contributed by atoms with Crippen molar-refractivity contribution < 1.29 is 4.39 Å². The van der Waals surface area contributed by atoms with E-state index in [1.807, 2.05) is 24.3 Å². The van der Waals surface area contributed by atoms with E-state index in [0.29, 0.717) is 11.6 Å². The second-order valence-corrected chi connectivity index (χ2v) is 6.53. The molecule has 1 aromatic heterocycles. The van der Waals surface area contributed by atoms with E-state index in [1.54, 1.807) is 17.4 Å². The summed E-state index contributed by atoms with van der Waals surface area (Å²) in [5, 5.41) is 6.72. The Morgan fingerprint density at radius 1 is 1.10 bits per heavy atom. The molecule has 4 rings (SSSR count). The molecule has 1 aliphatic carbocycles. The van der Waals surface area contributed by atoms with E-state index in [4.69, 9.17) is 0 Å². The Morgan fingerprint density at radius 2 is 2.00 bits per heavy atom. The van der Waals surface area contributed by atoms with Gasteiger partial charge in [0.2, 0.25) is 0 Å². The van der Waals surface area contributed by atoms with E-state index >= 15 is 0 Å². The fourth-order valence-corrected chi connectivity index (χ4v) is 3.57. The van der Waals surface area contributed by atoms with Crippen molar-refractivity contribution >= 4 is 21.4 Å². The summed E-state index contributed by atoms with van der Waals surface area (Å²) in [6.07, 6.45) is 2.53. The zero-order valence-corrected chi connectivity index (χ0v) is 12.4. The molecule has 0 bridgehead atoms. The molecule has 1 heterocycles. The lowest BCUT2D eigenvalue weighted by molar-refractivity contribution is 0.628. The lowest BCUT2D eigenvalue weighted by Gasteiger charge is -2.09. The maximum atomic E-state index is 14.3. The van der Waals surface area contributed by atoms with Crippen molar-refractivity contribution in [1.82, 2.24) is 5.32 Å². The van der Waals surface area contributed by atoms with Crippen LogP contribution in [0.3, 0.4) is 0 Å². The first kappa shape index (κ1) is 13.0. The molecule has 1 fully saturated rings. The molecule has 21 heavy (non-hydrogen) atoms. The van der Waals surface area contributed by atoms with E-state index in [2.05, 4.69) is 22.8 Å². The fraction of sp³-hybridized carbons (Fsp3) is 0.222. The number of nitrogens with one attached hydrogen (secondary N) is 1. The van der Waals surface area contributed by atoms with Gasteiger partial charge in [-0.3, -0.25) is 0 Å². The maximum absolute atomic E-state index is 14.3. The lowest BCUT2D eigenvalue weighted by Crippen LogP contribution is -2.15. The van der Waals surface area contributed by atoms with Crippen LogP contribution < -0.4 is 5.32 Å². The van der Waals surface area contributed by atoms with Crippen molar-refractivity contribution in [1.29, 1.82) is 0 Å². The Kier molecular flexibility index (Phi) is 3.24. The van der Waals surface area contributed by atoms with E-state index in [9.17, 15) is 4.39 Å². The monoisotopic (exact) mass is 297 g/mol. The standard InChI is InChI=1S/C18H16FNS/c19-17-7-4-12(11-20-14-5-6-14)10-16(17)15-3-1-2-13-8-9-21-18(13)15/h1-4,7-10,14,20H,5-6,11H2. The Labute approximate surface area is 127 Å². The molecule has 0 atom stereocenters. The number of hydrogen-bond donors (Lipinski definition) is 1. The number of benzene rings is 2. The van der Waals surface area contributed by atoms with Crippen LogP contribution in [0.4, 0.5) is 4.39 Å². The Bertz CT molecular complexity index is 789. The molecular weight excluding hydrogens is 281 g/mol. The molecule has 0 saturated heterocycles. The molecule has 1 saturated carbocycles. The van der Waals surface area contributed by atoms with Crippen LogP contribution in [0.1, 0.15) is 18.4 Å². The molecule has 0 radical (unpaired) electrons. The van der Waals surface area contributed by atoms with Crippen molar-refractivity contribution in [2.45, 2.75) is 25.4 Å². The van der Waals surface area contributed by atoms with E-state index in [1.165, 1.54) is 18.2 Å². The Hall–Kier alpha value is -1.71. The van der Waals surface area contributed by atoms with Gasteiger partial charge in [-0.1, -0.05) is 24.3 Å². The Morgan fingerprint density at radius 3 is 2.86 bits per heavy atom. The van der Waals surface area contributed by atoms with Gasteiger partial charge in [-0.15, -0.1) is 11.3 Å². The maximum Gasteiger partial charge on any atom is 0.131 e. The molecular formula is C18H16FNS. The van der Waals surface area contributed by atoms with Crippen molar-refractivity contribution in [3.8, 4) is 11.1 Å². The zero-order chi connectivity index (χ0) is 14.2. The topological polar surface area (TPSA) is 12.0 Å². The highest BCUT2D eigenvalue weighted by molar-refractivity contribution is 7.17. The summed E-state index contributed by atoms with van der Waals surface area (Å²) < 4.78 is 15.4. The third kappa shape index (κ3) is 2.59. The average molecular weight is 297 g/mol. The predicted molar refractivity (Wildman–Crippen MR) is 87.1 cm³/mol. The molecule has 2 aromatic carbocycles. The molecule has 0 amide bonds. The van der Waals surface area contributed by atoms with Crippen LogP contribution >= 0.6 is 11.3 Å². The molecule has 106 valence electrons. The van der Waals surface area contributed by atoms with Gasteiger partial charge >= 0.3 is 0 Å². The van der Waals surface area contributed by atoms with E-state index in [0.717, 1.165) is 22.4 Å². The molecule has 0 aliphatic heterocycles. The zero-order valence-electron chi connectivity index (χ0n) is 11.6. The van der Waals surface area contributed by atoms with Crippen molar-refractivity contribution in [3.05, 3.63) is 59.2 Å². The van der Waals surface area contributed by atoms with Gasteiger partial charge in [0, 0.05) is 28.4 Å². The summed E-state index contributed by atoms with van der Waals surface area (Å²) in [6, 6.07) is 14.3. The minimum absolute atomic E-state index is 0.147. The number of rotatable bonds is 4. The summed E-state index contributed by atoms with van der Waals surface area (Å²) in [6.45, 7) is 0.818. The SMILES string of the molecule is Fc1ccc(CNC2CC2)cc1-c1cccc2ccsc12.